The lowest BCUT2D eigenvalue weighted by molar-refractivity contribution is -0.123. The number of amides is 2. The lowest BCUT2D eigenvalue weighted by atomic mass is 10.2. The van der Waals surface area contributed by atoms with Gasteiger partial charge in [-0.2, -0.15) is 0 Å². The molecular weight excluding hydrogens is 402 g/mol. The Labute approximate surface area is 178 Å². The first-order valence-electron chi connectivity index (χ1n) is 9.20. The van der Waals surface area contributed by atoms with Crippen LogP contribution in [0.5, 0.6) is 11.5 Å². The molecule has 3 aromatic rings. The third-order valence-corrected chi connectivity index (χ3v) is 5.54. The summed E-state index contributed by atoms with van der Waals surface area (Å²) in [5, 5.41) is -0.304. The average molecular weight is 421 g/mol. The van der Waals surface area contributed by atoms with Gasteiger partial charge in [-0.25, -0.2) is 0 Å². The zero-order valence-corrected chi connectivity index (χ0v) is 17.3. The van der Waals surface area contributed by atoms with E-state index in [1.807, 2.05) is 42.5 Å². The average Bonchev–Trinajstić information content (AvgIpc) is 3.35. The van der Waals surface area contributed by atoms with Crippen molar-refractivity contribution in [1.29, 1.82) is 0 Å². The van der Waals surface area contributed by atoms with Crippen LogP contribution in [0.25, 0.3) is 17.4 Å². The second kappa shape index (κ2) is 8.51. The quantitative estimate of drug-likeness (QED) is 0.510. The van der Waals surface area contributed by atoms with Gasteiger partial charge in [0.15, 0.2) is 0 Å². The molecular formula is C23H19NO5S. The Morgan fingerprint density at radius 3 is 2.47 bits per heavy atom. The number of carbonyl (C=O) groups excluding carboxylic acids is 2. The van der Waals surface area contributed by atoms with Gasteiger partial charge in [0.25, 0.3) is 11.1 Å². The molecule has 2 aromatic carbocycles. The van der Waals surface area contributed by atoms with E-state index in [1.54, 1.807) is 38.5 Å². The van der Waals surface area contributed by atoms with Crippen LogP contribution in [0.4, 0.5) is 4.79 Å². The molecule has 7 heteroatoms. The molecule has 2 amide bonds. The van der Waals surface area contributed by atoms with Gasteiger partial charge >= 0.3 is 0 Å². The van der Waals surface area contributed by atoms with Gasteiger partial charge in [-0.15, -0.1) is 0 Å². The van der Waals surface area contributed by atoms with Crippen LogP contribution in [-0.4, -0.2) is 30.3 Å². The van der Waals surface area contributed by atoms with E-state index in [-0.39, 0.29) is 17.7 Å². The summed E-state index contributed by atoms with van der Waals surface area (Å²) in [5.74, 6) is 2.27. The molecule has 1 fully saturated rings. The van der Waals surface area contributed by atoms with Gasteiger partial charge < -0.3 is 13.9 Å². The first-order valence-corrected chi connectivity index (χ1v) is 10.0. The van der Waals surface area contributed by atoms with Crippen molar-refractivity contribution in [3.8, 4) is 22.8 Å². The van der Waals surface area contributed by atoms with Gasteiger partial charge in [0.05, 0.1) is 25.7 Å². The number of imide groups is 1. The Balaban J connectivity index is 1.51. The largest absolute Gasteiger partial charge is 0.497 e. The van der Waals surface area contributed by atoms with Gasteiger partial charge in [0.2, 0.25) is 0 Å². The summed E-state index contributed by atoms with van der Waals surface area (Å²) >= 11 is 0.909. The minimum atomic E-state index is -0.333. The smallest absolute Gasteiger partial charge is 0.293 e. The number of ether oxygens (including phenoxy) is 2. The lowest BCUT2D eigenvalue weighted by Crippen LogP contribution is -2.27. The van der Waals surface area contributed by atoms with E-state index in [4.69, 9.17) is 13.9 Å². The second-order valence-electron chi connectivity index (χ2n) is 6.55. The molecule has 4 rings (SSSR count). The van der Waals surface area contributed by atoms with E-state index in [9.17, 15) is 9.59 Å². The van der Waals surface area contributed by atoms with Crippen molar-refractivity contribution in [2.24, 2.45) is 0 Å². The molecule has 6 nitrogen and oxygen atoms in total. The summed E-state index contributed by atoms with van der Waals surface area (Å²) in [4.78, 5) is 26.7. The molecule has 0 unspecified atom stereocenters. The number of benzene rings is 2. The number of hydrogen-bond acceptors (Lipinski definition) is 6. The number of rotatable bonds is 6. The predicted octanol–water partition coefficient (Wildman–Crippen LogP) is 5.20. The maximum absolute atomic E-state index is 12.7. The monoisotopic (exact) mass is 421 g/mol. The van der Waals surface area contributed by atoms with Gasteiger partial charge in [-0.1, -0.05) is 24.3 Å². The van der Waals surface area contributed by atoms with Gasteiger partial charge in [0, 0.05) is 11.6 Å². The van der Waals surface area contributed by atoms with Crippen LogP contribution in [-0.2, 0) is 11.3 Å². The Bertz CT molecular complexity index is 1120. The first kappa shape index (κ1) is 19.8. The number of nitrogens with zero attached hydrogens (tertiary/aromatic N) is 1. The number of furan rings is 1. The molecule has 2 heterocycles. The summed E-state index contributed by atoms with van der Waals surface area (Å²) in [6, 6.07) is 18.4. The summed E-state index contributed by atoms with van der Waals surface area (Å²) in [6.45, 7) is 0.208. The third-order valence-electron chi connectivity index (χ3n) is 4.63. The van der Waals surface area contributed by atoms with Crippen molar-refractivity contribution in [1.82, 2.24) is 4.90 Å². The van der Waals surface area contributed by atoms with E-state index in [0.29, 0.717) is 16.4 Å². The predicted molar refractivity (Wildman–Crippen MR) is 115 cm³/mol. The Kier molecular flexibility index (Phi) is 5.63. The SMILES string of the molecule is COc1ccc(CN2C(=O)S/C(=C\c3ccc(-c4cccc(OC)c4)o3)C2=O)cc1. The third kappa shape index (κ3) is 4.11. The van der Waals surface area contributed by atoms with Crippen molar-refractivity contribution in [2.45, 2.75) is 6.54 Å². The van der Waals surface area contributed by atoms with Crippen LogP contribution >= 0.6 is 11.8 Å². The van der Waals surface area contributed by atoms with Crippen molar-refractivity contribution in [3.63, 3.8) is 0 Å². The molecule has 1 aliphatic rings. The molecule has 0 N–H and O–H groups in total. The molecule has 0 atom stereocenters. The molecule has 1 aromatic heterocycles. The lowest BCUT2D eigenvalue weighted by Gasteiger charge is -2.12. The van der Waals surface area contributed by atoms with Crippen molar-refractivity contribution >= 4 is 29.0 Å². The highest BCUT2D eigenvalue weighted by Gasteiger charge is 2.35. The summed E-state index contributed by atoms with van der Waals surface area (Å²) in [7, 11) is 3.19. The highest BCUT2D eigenvalue weighted by molar-refractivity contribution is 8.18. The minimum absolute atomic E-state index is 0.208. The number of hydrogen-bond donors (Lipinski definition) is 0. The van der Waals surface area contributed by atoms with E-state index in [2.05, 4.69) is 0 Å². The van der Waals surface area contributed by atoms with Crippen molar-refractivity contribution < 1.29 is 23.5 Å². The maximum Gasteiger partial charge on any atom is 0.293 e. The molecule has 0 spiro atoms. The minimum Gasteiger partial charge on any atom is -0.497 e. The first-order chi connectivity index (χ1) is 14.6. The molecule has 30 heavy (non-hydrogen) atoms. The summed E-state index contributed by atoms with van der Waals surface area (Å²) < 4.78 is 16.2. The molecule has 1 saturated heterocycles. The number of carbonyl (C=O) groups is 2. The number of thioether (sulfide) groups is 1. The summed E-state index contributed by atoms with van der Waals surface area (Å²) in [5.41, 5.74) is 1.71. The van der Waals surface area contributed by atoms with Crippen LogP contribution in [0, 0.1) is 0 Å². The highest BCUT2D eigenvalue weighted by Crippen LogP contribution is 2.34. The molecule has 152 valence electrons. The Morgan fingerprint density at radius 2 is 1.73 bits per heavy atom. The van der Waals surface area contributed by atoms with Crippen molar-refractivity contribution in [2.75, 3.05) is 14.2 Å². The van der Waals surface area contributed by atoms with Crippen molar-refractivity contribution in [3.05, 3.63) is 76.9 Å². The van der Waals surface area contributed by atoms with Crippen LogP contribution < -0.4 is 9.47 Å². The van der Waals surface area contributed by atoms with E-state index < -0.39 is 0 Å². The Hall–Kier alpha value is -3.45. The zero-order valence-electron chi connectivity index (χ0n) is 16.5. The molecule has 0 radical (unpaired) electrons. The fraction of sp³-hybridized carbons (Fsp3) is 0.130. The molecule has 0 saturated carbocycles. The summed E-state index contributed by atoms with van der Waals surface area (Å²) in [6.07, 6.45) is 1.60. The molecule has 1 aliphatic heterocycles. The van der Waals surface area contributed by atoms with E-state index in [1.165, 1.54) is 4.90 Å². The topological polar surface area (TPSA) is 69.0 Å². The zero-order chi connectivity index (χ0) is 21.1. The highest BCUT2D eigenvalue weighted by atomic mass is 32.2. The van der Waals surface area contributed by atoms with Crippen LogP contribution in [0.2, 0.25) is 0 Å². The number of methoxy groups -OCH3 is 2. The van der Waals surface area contributed by atoms with Crippen LogP contribution in [0.1, 0.15) is 11.3 Å². The molecule has 0 bridgehead atoms. The normalized spacial score (nSPS) is 15.1. The van der Waals surface area contributed by atoms with E-state index in [0.717, 1.165) is 34.4 Å². The fourth-order valence-electron chi connectivity index (χ4n) is 3.04. The van der Waals surface area contributed by atoms with Gasteiger partial charge in [-0.3, -0.25) is 14.5 Å². The van der Waals surface area contributed by atoms with Crippen LogP contribution in [0.15, 0.2) is 70.0 Å². The van der Waals surface area contributed by atoms with E-state index >= 15 is 0 Å². The molecule has 0 aliphatic carbocycles. The maximum atomic E-state index is 12.7. The fourth-order valence-corrected chi connectivity index (χ4v) is 3.86. The Morgan fingerprint density at radius 1 is 0.967 bits per heavy atom. The van der Waals surface area contributed by atoms with Gasteiger partial charge in [-0.05, 0) is 53.7 Å². The standard InChI is InChI=1S/C23H19NO5S/c1-27-17-8-6-15(7-9-17)14-24-22(25)21(30-23(24)26)13-19-10-11-20(29-19)16-4-3-5-18(12-16)28-2/h3-13H,14H2,1-2H3/b21-13-. The second-order valence-corrected chi connectivity index (χ2v) is 7.54. The van der Waals surface area contributed by atoms with Crippen LogP contribution in [0.3, 0.4) is 0 Å². The van der Waals surface area contributed by atoms with Gasteiger partial charge in [0.1, 0.15) is 23.0 Å².